The summed E-state index contributed by atoms with van der Waals surface area (Å²) in [7, 11) is -2.29. The molecular formula is C24H32N2O5Si. The SMILES string of the molecule is CC(C)(C)[Si](C)(C)OC1C=CC[C@H]2[C@H](N)c3onc(OCc4ccccc4)c3C(=O)[C@@]12O. The number of ether oxygens (including phenoxy) is 1. The highest BCUT2D eigenvalue weighted by molar-refractivity contribution is 6.74. The van der Waals surface area contributed by atoms with Gasteiger partial charge in [0.25, 0.3) is 5.88 Å². The molecule has 0 amide bonds. The fraction of sp³-hybridized carbons (Fsp3) is 0.500. The second kappa shape index (κ2) is 7.95. The molecule has 0 fully saturated rings. The molecule has 2 aromatic rings. The lowest BCUT2D eigenvalue weighted by molar-refractivity contribution is -0.0781. The zero-order valence-corrected chi connectivity index (χ0v) is 20.3. The predicted octanol–water partition coefficient (Wildman–Crippen LogP) is 4.15. The molecule has 32 heavy (non-hydrogen) atoms. The summed E-state index contributed by atoms with van der Waals surface area (Å²) in [5, 5.41) is 15.8. The molecule has 4 atom stereocenters. The Balaban J connectivity index is 1.68. The van der Waals surface area contributed by atoms with Gasteiger partial charge < -0.3 is 24.5 Å². The van der Waals surface area contributed by atoms with Gasteiger partial charge in [0.1, 0.15) is 18.3 Å². The number of aromatic nitrogens is 1. The van der Waals surface area contributed by atoms with Gasteiger partial charge in [-0.15, -0.1) is 0 Å². The summed E-state index contributed by atoms with van der Waals surface area (Å²) >= 11 is 0. The van der Waals surface area contributed by atoms with Crippen LogP contribution in [0.5, 0.6) is 5.88 Å². The normalized spacial score (nSPS) is 27.7. The van der Waals surface area contributed by atoms with Gasteiger partial charge in [0, 0.05) is 5.92 Å². The van der Waals surface area contributed by atoms with Crippen molar-refractivity contribution in [3.8, 4) is 5.88 Å². The molecular weight excluding hydrogens is 424 g/mol. The van der Waals surface area contributed by atoms with Gasteiger partial charge in [-0.2, -0.15) is 0 Å². The minimum atomic E-state index is -2.29. The largest absolute Gasteiger partial charge is 0.470 e. The van der Waals surface area contributed by atoms with Gasteiger partial charge in [0.2, 0.25) is 5.78 Å². The summed E-state index contributed by atoms with van der Waals surface area (Å²) < 4.78 is 17.8. The number of aliphatic hydroxyl groups is 1. The molecule has 0 saturated carbocycles. The Hall–Kier alpha value is -2.26. The molecule has 172 valence electrons. The van der Waals surface area contributed by atoms with Crippen LogP contribution in [-0.2, 0) is 11.0 Å². The maximum Gasteiger partial charge on any atom is 0.265 e. The number of Topliss-reactive ketones (excluding diaryl/α,β-unsaturated/α-hetero) is 1. The summed E-state index contributed by atoms with van der Waals surface area (Å²) in [6.45, 7) is 10.8. The van der Waals surface area contributed by atoms with Crippen LogP contribution >= 0.6 is 0 Å². The number of nitrogens with zero attached hydrogens (tertiary/aromatic N) is 1. The molecule has 1 unspecified atom stereocenters. The van der Waals surface area contributed by atoms with Crippen molar-refractivity contribution in [2.24, 2.45) is 11.7 Å². The van der Waals surface area contributed by atoms with Crippen LogP contribution in [0.2, 0.25) is 18.1 Å². The molecule has 4 rings (SSSR count). The molecule has 0 radical (unpaired) electrons. The zero-order chi connectivity index (χ0) is 23.3. The first-order valence-electron chi connectivity index (χ1n) is 11.0. The molecule has 2 aliphatic carbocycles. The van der Waals surface area contributed by atoms with Crippen LogP contribution in [0.4, 0.5) is 0 Å². The molecule has 7 nitrogen and oxygen atoms in total. The van der Waals surface area contributed by atoms with Crippen LogP contribution in [-0.4, -0.2) is 36.1 Å². The molecule has 1 aromatic carbocycles. The Labute approximate surface area is 189 Å². The molecule has 1 heterocycles. The standard InChI is InChI=1S/C24H32N2O5Si/c1-23(2,3)32(4,5)31-17-13-9-12-16-19(25)20-18(21(27)24(16,17)28)22(26-30-20)29-14-15-10-7-6-8-11-15/h6-11,13,16-17,19,28H,12,14,25H2,1-5H3/t16-,17?,19-,24-/m0/s1. The average molecular weight is 457 g/mol. The van der Waals surface area contributed by atoms with E-state index >= 15 is 0 Å². The van der Waals surface area contributed by atoms with Crippen molar-refractivity contribution in [2.75, 3.05) is 0 Å². The van der Waals surface area contributed by atoms with Crippen LogP contribution in [0.3, 0.4) is 0 Å². The van der Waals surface area contributed by atoms with Crippen LogP contribution in [0.1, 0.15) is 54.9 Å². The Morgan fingerprint density at radius 2 is 1.97 bits per heavy atom. The molecule has 2 aliphatic rings. The first kappa shape index (κ1) is 22.9. The first-order valence-corrected chi connectivity index (χ1v) is 13.9. The topological polar surface area (TPSA) is 108 Å². The average Bonchev–Trinajstić information content (AvgIpc) is 3.16. The number of benzene rings is 1. The number of nitrogens with two attached hydrogens (primary N) is 1. The summed E-state index contributed by atoms with van der Waals surface area (Å²) in [6.07, 6.45) is 3.37. The quantitative estimate of drug-likeness (QED) is 0.514. The number of hydrogen-bond donors (Lipinski definition) is 2. The van der Waals surface area contributed by atoms with E-state index in [0.717, 1.165) is 5.56 Å². The predicted molar refractivity (Wildman–Crippen MR) is 123 cm³/mol. The van der Waals surface area contributed by atoms with E-state index in [2.05, 4.69) is 39.0 Å². The van der Waals surface area contributed by atoms with E-state index in [1.165, 1.54) is 0 Å². The van der Waals surface area contributed by atoms with Gasteiger partial charge in [0.05, 0.1) is 6.04 Å². The highest BCUT2D eigenvalue weighted by Gasteiger charge is 2.61. The lowest BCUT2D eigenvalue weighted by Crippen LogP contribution is -2.64. The van der Waals surface area contributed by atoms with Crippen molar-refractivity contribution in [1.82, 2.24) is 5.16 Å². The molecule has 3 N–H and O–H groups in total. The van der Waals surface area contributed by atoms with E-state index in [9.17, 15) is 9.90 Å². The van der Waals surface area contributed by atoms with Crippen molar-refractivity contribution in [2.45, 2.75) is 69.7 Å². The minimum absolute atomic E-state index is 0.0526. The van der Waals surface area contributed by atoms with Crippen LogP contribution in [0, 0.1) is 5.92 Å². The summed E-state index contributed by atoms with van der Waals surface area (Å²) in [6, 6.07) is 8.85. The summed E-state index contributed by atoms with van der Waals surface area (Å²) in [5.74, 6) is -0.764. The van der Waals surface area contributed by atoms with Crippen LogP contribution in [0.25, 0.3) is 0 Å². The van der Waals surface area contributed by atoms with Crippen LogP contribution in [0.15, 0.2) is 47.0 Å². The van der Waals surface area contributed by atoms with Gasteiger partial charge in [0.15, 0.2) is 19.7 Å². The summed E-state index contributed by atoms with van der Waals surface area (Å²) in [5.41, 5.74) is 5.73. The highest BCUT2D eigenvalue weighted by Crippen LogP contribution is 2.50. The summed E-state index contributed by atoms with van der Waals surface area (Å²) in [4.78, 5) is 13.8. The van der Waals surface area contributed by atoms with Crippen molar-refractivity contribution in [1.29, 1.82) is 0 Å². The van der Waals surface area contributed by atoms with Gasteiger partial charge in [-0.25, -0.2) is 0 Å². The Morgan fingerprint density at radius 1 is 1.28 bits per heavy atom. The van der Waals surface area contributed by atoms with E-state index in [1.54, 1.807) is 6.08 Å². The number of allylic oxidation sites excluding steroid dienone is 1. The number of rotatable bonds is 5. The van der Waals surface area contributed by atoms with Gasteiger partial charge in [-0.3, -0.25) is 4.79 Å². The van der Waals surface area contributed by atoms with E-state index in [4.69, 9.17) is 19.4 Å². The second-order valence-electron chi connectivity index (χ2n) is 10.3. The molecule has 1 aromatic heterocycles. The fourth-order valence-corrected chi connectivity index (χ4v) is 5.41. The Morgan fingerprint density at radius 3 is 2.62 bits per heavy atom. The van der Waals surface area contributed by atoms with E-state index in [-0.39, 0.29) is 28.8 Å². The van der Waals surface area contributed by atoms with Crippen molar-refractivity contribution in [3.63, 3.8) is 0 Å². The van der Waals surface area contributed by atoms with Crippen molar-refractivity contribution in [3.05, 3.63) is 59.4 Å². The maximum atomic E-state index is 13.8. The Bertz CT molecular complexity index is 1030. The zero-order valence-electron chi connectivity index (χ0n) is 19.3. The number of carbonyl (C=O) groups is 1. The lowest BCUT2D eigenvalue weighted by atomic mass is 9.65. The third-order valence-corrected chi connectivity index (χ3v) is 11.6. The fourth-order valence-electron chi connectivity index (χ4n) is 4.16. The Kier molecular flexibility index (Phi) is 5.69. The van der Waals surface area contributed by atoms with Crippen molar-refractivity contribution < 1.29 is 23.6 Å². The van der Waals surface area contributed by atoms with E-state index in [1.807, 2.05) is 36.4 Å². The molecule has 0 saturated heterocycles. The number of hydrogen-bond acceptors (Lipinski definition) is 7. The van der Waals surface area contributed by atoms with Crippen molar-refractivity contribution >= 4 is 14.1 Å². The van der Waals surface area contributed by atoms with Gasteiger partial charge in [-0.1, -0.05) is 63.3 Å². The van der Waals surface area contributed by atoms with Gasteiger partial charge >= 0.3 is 0 Å². The minimum Gasteiger partial charge on any atom is -0.470 e. The smallest absolute Gasteiger partial charge is 0.265 e. The number of carbonyl (C=O) groups excluding carboxylic acids is 1. The molecule has 8 heteroatoms. The highest BCUT2D eigenvalue weighted by atomic mass is 28.4. The third-order valence-electron chi connectivity index (χ3n) is 7.16. The number of ketones is 1. The monoisotopic (exact) mass is 456 g/mol. The molecule has 0 bridgehead atoms. The lowest BCUT2D eigenvalue weighted by Gasteiger charge is -2.49. The number of fused-ring (bicyclic) bond motifs is 2. The second-order valence-corrected chi connectivity index (χ2v) is 15.0. The van der Waals surface area contributed by atoms with Gasteiger partial charge in [-0.05, 0) is 35.3 Å². The third kappa shape index (κ3) is 3.65. The van der Waals surface area contributed by atoms with E-state index < -0.39 is 37.8 Å². The van der Waals surface area contributed by atoms with Crippen LogP contribution < -0.4 is 10.5 Å². The molecule has 0 aliphatic heterocycles. The maximum absolute atomic E-state index is 13.8. The first-order chi connectivity index (χ1) is 15.0. The molecule has 0 spiro atoms. The van der Waals surface area contributed by atoms with E-state index in [0.29, 0.717) is 6.42 Å².